The van der Waals surface area contributed by atoms with E-state index in [1.807, 2.05) is 54.6 Å². The van der Waals surface area contributed by atoms with Crippen LogP contribution < -0.4 is 9.64 Å². The summed E-state index contributed by atoms with van der Waals surface area (Å²) >= 11 is 9.83. The molecule has 4 rings (SSSR count). The van der Waals surface area contributed by atoms with Gasteiger partial charge < -0.3 is 14.7 Å². The summed E-state index contributed by atoms with van der Waals surface area (Å²) in [6.07, 6.45) is 2.94. The van der Waals surface area contributed by atoms with Crippen molar-refractivity contribution in [3.8, 4) is 5.75 Å². The number of non-ortho nitro benzene ring substituents is 1. The van der Waals surface area contributed by atoms with Crippen LogP contribution in [0.3, 0.4) is 0 Å². The molecule has 0 spiro atoms. The third-order valence-electron chi connectivity index (χ3n) is 6.02. The van der Waals surface area contributed by atoms with E-state index >= 15 is 0 Å². The van der Waals surface area contributed by atoms with Gasteiger partial charge in [-0.2, -0.15) is 0 Å². The smallest absolute Gasteiger partial charge is 0.270 e. The first-order valence-electron chi connectivity index (χ1n) is 11.6. The number of anilines is 1. The van der Waals surface area contributed by atoms with E-state index in [-0.39, 0.29) is 24.7 Å². The van der Waals surface area contributed by atoms with E-state index in [0.717, 1.165) is 46.9 Å². The van der Waals surface area contributed by atoms with Crippen LogP contribution in [0.5, 0.6) is 5.75 Å². The van der Waals surface area contributed by atoms with Crippen molar-refractivity contribution in [2.24, 2.45) is 0 Å². The highest BCUT2D eigenvalue weighted by atomic mass is 79.9. The van der Waals surface area contributed by atoms with Gasteiger partial charge in [0, 0.05) is 54.9 Å². The molecule has 0 aromatic heterocycles. The van der Waals surface area contributed by atoms with Crippen LogP contribution in [0.15, 0.2) is 71.2 Å². The molecule has 3 aromatic carbocycles. The maximum Gasteiger partial charge on any atom is 0.270 e. The molecule has 1 fully saturated rings. The summed E-state index contributed by atoms with van der Waals surface area (Å²) < 4.78 is 6.83. The molecule has 1 N–H and O–H groups in total. The second-order valence-electron chi connectivity index (χ2n) is 8.54. The number of hydrogen-bond acceptors (Lipinski definition) is 6. The lowest BCUT2D eigenvalue weighted by molar-refractivity contribution is -0.384. The first kappa shape index (κ1) is 28.9. The number of nitro benzene ring substituents is 1. The Kier molecular flexibility index (Phi) is 10.8. The normalized spacial score (nSPS) is 14.8. The van der Waals surface area contributed by atoms with Crippen LogP contribution in [0, 0.1) is 10.1 Å². The molecule has 1 aliphatic rings. The highest BCUT2D eigenvalue weighted by Gasteiger charge is 2.21. The quantitative estimate of drug-likeness (QED) is 0.178. The molecule has 1 saturated heterocycles. The second-order valence-corrected chi connectivity index (χ2v) is 9.80. The zero-order valence-electron chi connectivity index (χ0n) is 20.0. The van der Waals surface area contributed by atoms with Gasteiger partial charge in [-0.3, -0.25) is 15.0 Å². The molecule has 0 saturated carbocycles. The minimum atomic E-state index is -0.702. The van der Waals surface area contributed by atoms with Crippen LogP contribution >= 0.6 is 39.9 Å². The Balaban J connectivity index is 0.00000380. The van der Waals surface area contributed by atoms with Crippen molar-refractivity contribution in [2.75, 3.05) is 44.2 Å². The van der Waals surface area contributed by atoms with Gasteiger partial charge >= 0.3 is 0 Å². The van der Waals surface area contributed by atoms with E-state index in [9.17, 15) is 15.2 Å². The third kappa shape index (κ3) is 7.93. The van der Waals surface area contributed by atoms with E-state index < -0.39 is 11.0 Å². The SMILES string of the molecule is Cl.O=[N+]([O-])c1ccc(OCC(O)CN2CCN(c3ccccc3Cl)CC2)c(C=Cc2ccccc2Br)c1. The topological polar surface area (TPSA) is 79.1 Å². The predicted octanol–water partition coefficient (Wildman–Crippen LogP) is 6.16. The number of rotatable bonds is 9. The molecule has 1 unspecified atom stereocenters. The molecule has 1 heterocycles. The number of aliphatic hydroxyl groups is 1. The highest BCUT2D eigenvalue weighted by molar-refractivity contribution is 9.10. The number of para-hydroxylation sites is 1. The number of benzene rings is 3. The summed E-state index contributed by atoms with van der Waals surface area (Å²) in [5.74, 6) is 0.478. The van der Waals surface area contributed by atoms with E-state index in [1.54, 1.807) is 12.1 Å². The van der Waals surface area contributed by atoms with E-state index in [4.69, 9.17) is 16.3 Å². The van der Waals surface area contributed by atoms with Crippen molar-refractivity contribution in [1.29, 1.82) is 0 Å². The number of piperazine rings is 1. The highest BCUT2D eigenvalue weighted by Crippen LogP contribution is 2.28. The molecular formula is C27H28BrCl2N3O4. The average molecular weight is 609 g/mol. The van der Waals surface area contributed by atoms with Gasteiger partial charge in [0.2, 0.25) is 0 Å². The minimum Gasteiger partial charge on any atom is -0.490 e. The molecule has 37 heavy (non-hydrogen) atoms. The van der Waals surface area contributed by atoms with Crippen LogP contribution in [-0.4, -0.2) is 60.4 Å². The monoisotopic (exact) mass is 607 g/mol. The van der Waals surface area contributed by atoms with Crippen LogP contribution in [-0.2, 0) is 0 Å². The van der Waals surface area contributed by atoms with Gasteiger partial charge in [-0.25, -0.2) is 0 Å². The van der Waals surface area contributed by atoms with E-state index in [1.165, 1.54) is 12.1 Å². The second kappa shape index (κ2) is 13.8. The number of halogens is 3. The summed E-state index contributed by atoms with van der Waals surface area (Å²) in [6.45, 7) is 3.82. The fourth-order valence-electron chi connectivity index (χ4n) is 4.12. The maximum absolute atomic E-state index is 11.3. The van der Waals surface area contributed by atoms with E-state index in [0.29, 0.717) is 17.9 Å². The van der Waals surface area contributed by atoms with E-state index in [2.05, 4.69) is 25.7 Å². The number of hydrogen-bond donors (Lipinski definition) is 1. The summed E-state index contributed by atoms with van der Waals surface area (Å²) in [5, 5.41) is 22.7. The Hall–Kier alpha value is -2.62. The van der Waals surface area contributed by atoms with Crippen molar-refractivity contribution < 1.29 is 14.8 Å². The first-order valence-corrected chi connectivity index (χ1v) is 12.8. The number of β-amino-alcohol motifs (C(OH)–C–C–N with tert-alkyl or cyclic N) is 1. The molecule has 0 amide bonds. The van der Waals surface area contributed by atoms with Gasteiger partial charge in [-0.05, 0) is 29.8 Å². The van der Waals surface area contributed by atoms with Gasteiger partial charge in [0.05, 0.1) is 15.6 Å². The summed E-state index contributed by atoms with van der Waals surface area (Å²) in [7, 11) is 0. The Morgan fingerprint density at radius 1 is 1.03 bits per heavy atom. The molecule has 0 aliphatic carbocycles. The van der Waals surface area contributed by atoms with Crippen LogP contribution in [0.1, 0.15) is 11.1 Å². The van der Waals surface area contributed by atoms with Gasteiger partial charge in [0.25, 0.3) is 5.69 Å². The fraction of sp³-hybridized carbons (Fsp3) is 0.259. The molecule has 0 bridgehead atoms. The lowest BCUT2D eigenvalue weighted by Crippen LogP contribution is -2.49. The zero-order chi connectivity index (χ0) is 25.5. The van der Waals surface area contributed by atoms with Gasteiger partial charge in [-0.1, -0.05) is 70.0 Å². The minimum absolute atomic E-state index is 0. The standard InChI is InChI=1S/C27H27BrClN3O4.ClH/c28-24-6-2-1-5-20(24)9-10-21-17-22(32(34)35)11-12-27(21)36-19-23(33)18-30-13-15-31(16-14-30)26-8-4-3-7-25(26)29;/h1-12,17,23,33H,13-16,18-19H2;1H. The van der Waals surface area contributed by atoms with Crippen molar-refractivity contribution >= 4 is 63.5 Å². The van der Waals surface area contributed by atoms with Gasteiger partial charge in [0.15, 0.2) is 0 Å². The van der Waals surface area contributed by atoms with Crippen LogP contribution in [0.2, 0.25) is 5.02 Å². The van der Waals surface area contributed by atoms with Gasteiger partial charge in [-0.15, -0.1) is 12.4 Å². The number of ether oxygens (including phenoxy) is 1. The zero-order valence-corrected chi connectivity index (χ0v) is 23.2. The largest absolute Gasteiger partial charge is 0.490 e. The Labute approximate surface area is 236 Å². The molecule has 7 nitrogen and oxygen atoms in total. The number of nitro groups is 1. The third-order valence-corrected chi connectivity index (χ3v) is 7.06. The van der Waals surface area contributed by atoms with Crippen LogP contribution in [0.25, 0.3) is 12.2 Å². The van der Waals surface area contributed by atoms with Crippen molar-refractivity contribution in [2.45, 2.75) is 6.10 Å². The summed E-state index contributed by atoms with van der Waals surface area (Å²) in [5.41, 5.74) is 2.52. The molecule has 196 valence electrons. The molecule has 1 aliphatic heterocycles. The molecule has 3 aromatic rings. The summed E-state index contributed by atoms with van der Waals surface area (Å²) in [6, 6.07) is 20.0. The summed E-state index contributed by atoms with van der Waals surface area (Å²) in [4.78, 5) is 15.3. The predicted molar refractivity (Wildman–Crippen MR) is 155 cm³/mol. The Morgan fingerprint density at radius 2 is 1.70 bits per heavy atom. The molecule has 1 atom stereocenters. The van der Waals surface area contributed by atoms with Gasteiger partial charge in [0.1, 0.15) is 18.5 Å². The Morgan fingerprint density at radius 3 is 2.41 bits per heavy atom. The van der Waals surface area contributed by atoms with Crippen molar-refractivity contribution in [3.05, 3.63) is 97.5 Å². The average Bonchev–Trinajstić information content (AvgIpc) is 2.88. The fourth-order valence-corrected chi connectivity index (χ4v) is 4.79. The Bertz CT molecular complexity index is 1240. The molecule has 0 radical (unpaired) electrons. The molecule has 10 heteroatoms. The lowest BCUT2D eigenvalue weighted by atomic mass is 10.1. The number of aliphatic hydroxyl groups excluding tert-OH is 1. The van der Waals surface area contributed by atoms with Crippen molar-refractivity contribution in [1.82, 2.24) is 4.90 Å². The molecular weight excluding hydrogens is 581 g/mol. The first-order chi connectivity index (χ1) is 17.4. The number of nitrogens with zero attached hydrogens (tertiary/aromatic N) is 3. The lowest BCUT2D eigenvalue weighted by Gasteiger charge is -2.37. The van der Waals surface area contributed by atoms with Crippen molar-refractivity contribution in [3.63, 3.8) is 0 Å². The van der Waals surface area contributed by atoms with Crippen LogP contribution in [0.4, 0.5) is 11.4 Å². The maximum atomic E-state index is 11.3.